The number of hydrogen-bond acceptors (Lipinski definition) is 1. The average Bonchev–Trinajstić information content (AvgIpc) is 2.67. The summed E-state index contributed by atoms with van der Waals surface area (Å²) in [7, 11) is 0. The normalized spacial score (nSPS) is 55.4. The van der Waals surface area contributed by atoms with Crippen molar-refractivity contribution in [2.75, 3.05) is 6.61 Å². The zero-order valence-corrected chi connectivity index (χ0v) is 10.7. The van der Waals surface area contributed by atoms with E-state index in [1.165, 1.54) is 44.1 Å². The van der Waals surface area contributed by atoms with Crippen LogP contribution >= 0.6 is 0 Å². The van der Waals surface area contributed by atoms with E-state index in [4.69, 9.17) is 0 Å². The van der Waals surface area contributed by atoms with Gasteiger partial charge in [0.05, 0.1) is 0 Å². The molecule has 3 aliphatic carbocycles. The summed E-state index contributed by atoms with van der Waals surface area (Å²) in [5, 5.41) is 10.0. The van der Waals surface area contributed by atoms with Crippen molar-refractivity contribution in [3.63, 3.8) is 0 Å². The molecular formula is C15H24O. The second-order valence-electron chi connectivity index (χ2n) is 6.98. The minimum absolute atomic E-state index is 0.176. The molecule has 1 heteroatoms. The Labute approximate surface area is 98.9 Å². The van der Waals surface area contributed by atoms with Crippen LogP contribution in [0.1, 0.15) is 52.4 Å². The maximum absolute atomic E-state index is 10.0. The lowest BCUT2D eigenvalue weighted by Gasteiger charge is -2.46. The predicted molar refractivity (Wildman–Crippen MR) is 66.1 cm³/mol. The topological polar surface area (TPSA) is 20.2 Å². The molecule has 3 fully saturated rings. The average molecular weight is 220 g/mol. The molecule has 3 aliphatic rings. The van der Waals surface area contributed by atoms with Gasteiger partial charge in [0, 0.05) is 12.0 Å². The smallest absolute Gasteiger partial charge is 0.0498 e. The van der Waals surface area contributed by atoms with Gasteiger partial charge in [-0.3, -0.25) is 0 Å². The van der Waals surface area contributed by atoms with E-state index in [1.807, 2.05) is 0 Å². The minimum atomic E-state index is 0.176. The van der Waals surface area contributed by atoms with Crippen molar-refractivity contribution in [1.29, 1.82) is 0 Å². The fraction of sp³-hybridized carbons (Fsp3) is 0.867. The van der Waals surface area contributed by atoms with Gasteiger partial charge >= 0.3 is 0 Å². The van der Waals surface area contributed by atoms with Crippen LogP contribution in [0.3, 0.4) is 0 Å². The van der Waals surface area contributed by atoms with Crippen molar-refractivity contribution < 1.29 is 5.11 Å². The number of aliphatic hydroxyl groups excluding tert-OH is 1. The highest BCUT2D eigenvalue weighted by atomic mass is 16.3. The van der Waals surface area contributed by atoms with Gasteiger partial charge in [0.2, 0.25) is 0 Å². The molecule has 3 rings (SSSR count). The maximum Gasteiger partial charge on any atom is 0.0498 e. The predicted octanol–water partition coefficient (Wildman–Crippen LogP) is 3.53. The monoisotopic (exact) mass is 220 g/mol. The Morgan fingerprint density at radius 2 is 2.06 bits per heavy atom. The second kappa shape index (κ2) is 2.93. The molecule has 0 aromatic carbocycles. The number of aliphatic hydroxyl groups is 1. The van der Waals surface area contributed by atoms with Gasteiger partial charge < -0.3 is 5.11 Å². The summed E-state index contributed by atoms with van der Waals surface area (Å²) in [5.41, 5.74) is 2.42. The number of allylic oxidation sites excluding steroid dienone is 1. The molecule has 0 spiro atoms. The standard InChI is InChI=1S/C15H24O/c1-11-5-8-13(2)9-12(11)15(10-16)7-4-6-14(13,15)3/h12,16H,1,4-10H2,2-3H3. The van der Waals surface area contributed by atoms with Crippen LogP contribution in [0.4, 0.5) is 0 Å². The molecular weight excluding hydrogens is 196 g/mol. The van der Waals surface area contributed by atoms with Crippen LogP contribution in [0.15, 0.2) is 12.2 Å². The van der Waals surface area contributed by atoms with Crippen molar-refractivity contribution in [2.24, 2.45) is 22.2 Å². The van der Waals surface area contributed by atoms with Crippen molar-refractivity contribution in [3.05, 3.63) is 12.2 Å². The van der Waals surface area contributed by atoms with E-state index < -0.39 is 0 Å². The summed E-state index contributed by atoms with van der Waals surface area (Å²) < 4.78 is 0. The summed E-state index contributed by atoms with van der Waals surface area (Å²) in [6.45, 7) is 9.60. The Balaban J connectivity index is 2.17. The number of rotatable bonds is 1. The van der Waals surface area contributed by atoms with Gasteiger partial charge in [-0.05, 0) is 48.9 Å². The zero-order chi connectivity index (χ0) is 11.6. The maximum atomic E-state index is 10.0. The van der Waals surface area contributed by atoms with Gasteiger partial charge in [-0.25, -0.2) is 0 Å². The molecule has 3 saturated carbocycles. The van der Waals surface area contributed by atoms with Crippen LogP contribution in [0, 0.1) is 22.2 Å². The molecule has 0 aliphatic heterocycles. The van der Waals surface area contributed by atoms with Gasteiger partial charge in [0.15, 0.2) is 0 Å². The Morgan fingerprint density at radius 1 is 1.31 bits per heavy atom. The summed E-state index contributed by atoms with van der Waals surface area (Å²) in [6, 6.07) is 0. The Morgan fingerprint density at radius 3 is 2.75 bits per heavy atom. The molecule has 0 aromatic rings. The highest BCUT2D eigenvalue weighted by Gasteiger charge is 2.70. The van der Waals surface area contributed by atoms with Crippen LogP contribution < -0.4 is 0 Å². The van der Waals surface area contributed by atoms with Gasteiger partial charge in [0.25, 0.3) is 0 Å². The molecule has 4 atom stereocenters. The molecule has 4 unspecified atom stereocenters. The van der Waals surface area contributed by atoms with Crippen molar-refractivity contribution in [2.45, 2.75) is 52.4 Å². The summed E-state index contributed by atoms with van der Waals surface area (Å²) >= 11 is 0. The Hall–Kier alpha value is -0.300. The molecule has 90 valence electrons. The van der Waals surface area contributed by atoms with Crippen LogP contribution in [-0.2, 0) is 0 Å². The second-order valence-corrected chi connectivity index (χ2v) is 6.98. The van der Waals surface area contributed by atoms with E-state index >= 15 is 0 Å². The van der Waals surface area contributed by atoms with E-state index in [0.29, 0.717) is 23.4 Å². The summed E-state index contributed by atoms with van der Waals surface area (Å²) in [6.07, 6.45) is 7.60. The SMILES string of the molecule is C=C1CCC2(C)CC1C1(CO)CCCC21C. The van der Waals surface area contributed by atoms with Gasteiger partial charge in [-0.1, -0.05) is 32.4 Å². The third kappa shape index (κ3) is 0.895. The fourth-order valence-electron chi connectivity index (χ4n) is 5.50. The van der Waals surface area contributed by atoms with Crippen LogP contribution in [0.2, 0.25) is 0 Å². The fourth-order valence-corrected chi connectivity index (χ4v) is 5.50. The van der Waals surface area contributed by atoms with Crippen LogP contribution in [-0.4, -0.2) is 11.7 Å². The number of fused-ring (bicyclic) bond motifs is 5. The van der Waals surface area contributed by atoms with E-state index in [2.05, 4.69) is 20.4 Å². The first kappa shape index (κ1) is 10.8. The molecule has 0 amide bonds. The van der Waals surface area contributed by atoms with Crippen molar-refractivity contribution >= 4 is 0 Å². The van der Waals surface area contributed by atoms with Crippen LogP contribution in [0.25, 0.3) is 0 Å². The van der Waals surface area contributed by atoms with E-state index in [9.17, 15) is 5.11 Å². The molecule has 16 heavy (non-hydrogen) atoms. The summed E-state index contributed by atoms with van der Waals surface area (Å²) in [4.78, 5) is 0. The molecule has 0 radical (unpaired) electrons. The number of hydrogen-bond donors (Lipinski definition) is 1. The minimum Gasteiger partial charge on any atom is -0.396 e. The van der Waals surface area contributed by atoms with Gasteiger partial charge in [-0.15, -0.1) is 0 Å². The zero-order valence-electron chi connectivity index (χ0n) is 10.7. The van der Waals surface area contributed by atoms with Gasteiger partial charge in [0.1, 0.15) is 0 Å². The lowest BCUT2D eigenvalue weighted by molar-refractivity contribution is -0.0199. The Bertz CT molecular complexity index is 347. The van der Waals surface area contributed by atoms with E-state index in [1.54, 1.807) is 0 Å². The van der Waals surface area contributed by atoms with Gasteiger partial charge in [-0.2, -0.15) is 0 Å². The Kier molecular flexibility index (Phi) is 1.98. The highest BCUT2D eigenvalue weighted by molar-refractivity contribution is 5.27. The molecule has 0 heterocycles. The van der Waals surface area contributed by atoms with Crippen molar-refractivity contribution in [3.8, 4) is 0 Å². The molecule has 0 saturated heterocycles. The molecule has 0 aromatic heterocycles. The lowest BCUT2D eigenvalue weighted by Crippen LogP contribution is -2.43. The first-order valence-electron chi connectivity index (χ1n) is 6.78. The van der Waals surface area contributed by atoms with E-state index in [-0.39, 0.29) is 5.41 Å². The molecule has 1 N–H and O–H groups in total. The van der Waals surface area contributed by atoms with E-state index in [0.717, 1.165) is 0 Å². The first-order chi connectivity index (χ1) is 7.49. The third-order valence-electron chi connectivity index (χ3n) is 6.83. The first-order valence-corrected chi connectivity index (χ1v) is 6.78. The molecule has 2 bridgehead atoms. The largest absolute Gasteiger partial charge is 0.396 e. The van der Waals surface area contributed by atoms with Crippen molar-refractivity contribution in [1.82, 2.24) is 0 Å². The lowest BCUT2D eigenvalue weighted by atomic mass is 9.59. The highest BCUT2D eigenvalue weighted by Crippen LogP contribution is 2.76. The quantitative estimate of drug-likeness (QED) is 0.670. The molecule has 1 nitrogen and oxygen atoms in total. The van der Waals surface area contributed by atoms with Crippen LogP contribution in [0.5, 0.6) is 0 Å². The third-order valence-corrected chi connectivity index (χ3v) is 6.83. The summed E-state index contributed by atoms with van der Waals surface area (Å²) in [5.74, 6) is 0.601.